The van der Waals surface area contributed by atoms with Crippen molar-refractivity contribution in [1.29, 1.82) is 0 Å². The second kappa shape index (κ2) is 9.87. The van der Waals surface area contributed by atoms with Gasteiger partial charge in [0.25, 0.3) is 0 Å². The van der Waals surface area contributed by atoms with Crippen molar-refractivity contribution in [1.82, 2.24) is 9.88 Å². The monoisotopic (exact) mass is 557 g/mol. The summed E-state index contributed by atoms with van der Waals surface area (Å²) >= 11 is 0. The van der Waals surface area contributed by atoms with E-state index in [1.807, 2.05) is 0 Å². The third-order valence-corrected chi connectivity index (χ3v) is 8.28. The van der Waals surface area contributed by atoms with Gasteiger partial charge in [-0.15, -0.1) is 0 Å². The standard InChI is InChI=1S/C31H31N3O7/c1-15(35)22-28(38)25(34(4)5)20-13-17-12-19-21(33(2)3)14-16(9-10-18-8-6-7-11-32-18)26(36)24(19)27(37)23(17)30(40)31(20,41)29(22)39/h6-8,11,14,17,20,25,36,38,40-41H,12-13H2,1-5H3/t17-,20-,25-,31+/m0/s1. The Labute approximate surface area is 237 Å². The number of aromatic hydroxyl groups is 1. The van der Waals surface area contributed by atoms with Crippen LogP contribution >= 0.6 is 0 Å². The molecule has 0 amide bonds. The molecule has 0 fully saturated rings. The molecule has 3 aliphatic carbocycles. The van der Waals surface area contributed by atoms with Crippen molar-refractivity contribution in [3.63, 3.8) is 0 Å². The second-order valence-corrected chi connectivity index (χ2v) is 11.2. The van der Waals surface area contributed by atoms with Gasteiger partial charge in [-0.3, -0.25) is 19.3 Å². The fraction of sp³-hybridized carbons (Fsp3) is 0.355. The Morgan fingerprint density at radius 2 is 1.80 bits per heavy atom. The quantitative estimate of drug-likeness (QED) is 0.326. The molecule has 10 heteroatoms. The minimum absolute atomic E-state index is 0.0553. The summed E-state index contributed by atoms with van der Waals surface area (Å²) in [4.78, 5) is 47.5. The van der Waals surface area contributed by atoms with E-state index in [1.165, 1.54) is 0 Å². The highest BCUT2D eigenvalue weighted by atomic mass is 16.3. The summed E-state index contributed by atoms with van der Waals surface area (Å²) in [6, 6.07) is 5.94. The van der Waals surface area contributed by atoms with E-state index in [-0.39, 0.29) is 35.3 Å². The van der Waals surface area contributed by atoms with Gasteiger partial charge in [-0.25, -0.2) is 4.98 Å². The number of Topliss-reactive ketones (excluding diaryl/α,β-unsaturated/α-hetero) is 3. The van der Waals surface area contributed by atoms with Crippen LogP contribution in [-0.2, 0) is 16.0 Å². The van der Waals surface area contributed by atoms with Crippen molar-refractivity contribution in [3.05, 3.63) is 75.5 Å². The van der Waals surface area contributed by atoms with E-state index in [2.05, 4.69) is 16.8 Å². The molecular formula is C31H31N3O7. The lowest BCUT2D eigenvalue weighted by Gasteiger charge is -2.50. The summed E-state index contributed by atoms with van der Waals surface area (Å²) in [7, 11) is 6.84. The fourth-order valence-corrected chi connectivity index (χ4v) is 6.46. The van der Waals surface area contributed by atoms with E-state index < -0.39 is 57.9 Å². The molecular weight excluding hydrogens is 526 g/mol. The topological polar surface area (TPSA) is 152 Å². The molecule has 0 spiro atoms. The van der Waals surface area contributed by atoms with Gasteiger partial charge in [-0.2, -0.15) is 0 Å². The largest absolute Gasteiger partial charge is 0.510 e. The first-order valence-corrected chi connectivity index (χ1v) is 13.2. The Morgan fingerprint density at radius 3 is 2.39 bits per heavy atom. The number of hydrogen-bond acceptors (Lipinski definition) is 10. The third-order valence-electron chi connectivity index (χ3n) is 8.28. The molecule has 3 aliphatic rings. The van der Waals surface area contributed by atoms with E-state index in [4.69, 9.17) is 0 Å². The number of nitrogens with zero attached hydrogens (tertiary/aromatic N) is 3. The van der Waals surface area contributed by atoms with Crippen LogP contribution in [0.3, 0.4) is 0 Å². The highest BCUT2D eigenvalue weighted by molar-refractivity contribution is 6.25. The predicted molar refractivity (Wildman–Crippen MR) is 150 cm³/mol. The van der Waals surface area contributed by atoms with Crippen molar-refractivity contribution < 1.29 is 34.8 Å². The number of fused-ring (bicyclic) bond motifs is 3. The summed E-state index contributed by atoms with van der Waals surface area (Å²) in [5, 5.41) is 45.6. The van der Waals surface area contributed by atoms with Crippen LogP contribution in [0.15, 0.2) is 53.1 Å². The number of phenols is 1. The number of anilines is 1. The van der Waals surface area contributed by atoms with Crippen LogP contribution in [-0.4, -0.2) is 87.5 Å². The number of aliphatic hydroxyl groups excluding tert-OH is 2. The molecule has 1 aromatic carbocycles. The van der Waals surface area contributed by atoms with E-state index in [0.29, 0.717) is 16.9 Å². The second-order valence-electron chi connectivity index (χ2n) is 11.2. The van der Waals surface area contributed by atoms with E-state index in [9.17, 15) is 34.8 Å². The molecule has 0 aliphatic heterocycles. The average molecular weight is 558 g/mol. The molecule has 1 heterocycles. The molecule has 41 heavy (non-hydrogen) atoms. The maximum absolute atomic E-state index is 14.1. The molecule has 10 nitrogen and oxygen atoms in total. The molecule has 0 radical (unpaired) electrons. The van der Waals surface area contributed by atoms with Gasteiger partial charge in [0.1, 0.15) is 28.5 Å². The van der Waals surface area contributed by atoms with Crippen LogP contribution in [0.25, 0.3) is 0 Å². The number of aliphatic hydroxyl groups is 3. The Hall–Kier alpha value is -4.46. The summed E-state index contributed by atoms with van der Waals surface area (Å²) in [6.45, 7) is 1.09. The molecule has 4 atom stereocenters. The Bertz CT molecular complexity index is 1630. The van der Waals surface area contributed by atoms with Crippen molar-refractivity contribution in [2.75, 3.05) is 33.1 Å². The van der Waals surface area contributed by atoms with Crippen molar-refractivity contribution in [2.45, 2.75) is 31.4 Å². The molecule has 5 rings (SSSR count). The van der Waals surface area contributed by atoms with Gasteiger partial charge < -0.3 is 25.3 Å². The number of aromatic nitrogens is 1. The van der Waals surface area contributed by atoms with Gasteiger partial charge in [0.15, 0.2) is 17.2 Å². The number of likely N-dealkylation sites (N-methyl/N-ethyl adjacent to an activating group) is 1. The van der Waals surface area contributed by atoms with Gasteiger partial charge in [-0.05, 0) is 69.5 Å². The number of carbonyl (C=O) groups excluding carboxylic acids is 3. The Morgan fingerprint density at radius 1 is 1.10 bits per heavy atom. The van der Waals surface area contributed by atoms with Crippen LogP contribution in [0, 0.1) is 23.7 Å². The van der Waals surface area contributed by atoms with Gasteiger partial charge >= 0.3 is 0 Å². The summed E-state index contributed by atoms with van der Waals surface area (Å²) in [5.74, 6) is -0.281. The number of phenolic OH excluding ortho intramolecular Hbond substituents is 1. The van der Waals surface area contributed by atoms with Gasteiger partial charge in [0.05, 0.1) is 17.2 Å². The zero-order valence-corrected chi connectivity index (χ0v) is 23.4. The maximum atomic E-state index is 14.1. The number of rotatable bonds is 3. The highest BCUT2D eigenvalue weighted by Gasteiger charge is 2.63. The number of pyridine rings is 1. The van der Waals surface area contributed by atoms with Crippen LogP contribution in [0.5, 0.6) is 5.75 Å². The first-order chi connectivity index (χ1) is 19.3. The van der Waals surface area contributed by atoms with E-state index in [0.717, 1.165) is 6.92 Å². The molecule has 0 saturated heterocycles. The van der Waals surface area contributed by atoms with Crippen molar-refractivity contribution in [2.24, 2.45) is 11.8 Å². The first-order valence-electron chi connectivity index (χ1n) is 13.2. The zero-order valence-electron chi connectivity index (χ0n) is 23.4. The number of allylic oxidation sites excluding steroid dienone is 1. The molecule has 212 valence electrons. The Balaban J connectivity index is 1.72. The number of hydrogen-bond donors (Lipinski definition) is 4. The molecule has 1 aromatic heterocycles. The van der Waals surface area contributed by atoms with Crippen LogP contribution in [0.4, 0.5) is 5.69 Å². The fourth-order valence-electron chi connectivity index (χ4n) is 6.46. The minimum atomic E-state index is -2.61. The predicted octanol–water partition coefficient (Wildman–Crippen LogP) is 2.09. The van der Waals surface area contributed by atoms with Gasteiger partial charge in [0, 0.05) is 37.5 Å². The van der Waals surface area contributed by atoms with Gasteiger partial charge in [0.2, 0.25) is 5.78 Å². The average Bonchev–Trinajstić information content (AvgIpc) is 2.90. The summed E-state index contributed by atoms with van der Waals surface area (Å²) < 4.78 is 0. The van der Waals surface area contributed by atoms with Crippen molar-refractivity contribution >= 4 is 23.0 Å². The maximum Gasteiger partial charge on any atom is 0.209 e. The number of carbonyl (C=O) groups is 3. The zero-order chi connectivity index (χ0) is 30.0. The SMILES string of the molecule is CC(=O)C1=C(O)[C@@H](N(C)C)[C@@H]2C[C@@H]3Cc4c(N(C)C)cc(C#Cc5ccccn5)c(O)c4C(=O)C3=C(O)[C@]2(O)C1=O. The van der Waals surface area contributed by atoms with Gasteiger partial charge in [-0.1, -0.05) is 12.0 Å². The third kappa shape index (κ3) is 4.12. The van der Waals surface area contributed by atoms with Crippen molar-refractivity contribution in [3.8, 4) is 17.6 Å². The number of ketones is 3. The summed E-state index contributed by atoms with van der Waals surface area (Å²) in [5.41, 5.74) is -1.67. The smallest absolute Gasteiger partial charge is 0.209 e. The number of benzene rings is 1. The lowest BCUT2D eigenvalue weighted by atomic mass is 9.58. The molecule has 0 unspecified atom stereocenters. The van der Waals surface area contributed by atoms with E-state index >= 15 is 0 Å². The lowest BCUT2D eigenvalue weighted by Crippen LogP contribution is -2.63. The first kappa shape index (κ1) is 28.1. The lowest BCUT2D eigenvalue weighted by molar-refractivity contribution is -0.148. The molecule has 4 N–H and O–H groups in total. The van der Waals surface area contributed by atoms with E-state index in [1.54, 1.807) is 68.5 Å². The van der Waals surface area contributed by atoms with Crippen LogP contribution in [0.2, 0.25) is 0 Å². The van der Waals surface area contributed by atoms with Crippen LogP contribution < -0.4 is 4.90 Å². The molecule has 0 bridgehead atoms. The molecule has 2 aromatic rings. The summed E-state index contributed by atoms with van der Waals surface area (Å²) in [6.07, 6.45) is 1.85. The molecule has 0 saturated carbocycles. The van der Waals surface area contributed by atoms with Crippen LogP contribution in [0.1, 0.15) is 40.5 Å². The highest BCUT2D eigenvalue weighted by Crippen LogP contribution is 2.53. The normalized spacial score (nSPS) is 25.3. The minimum Gasteiger partial charge on any atom is -0.510 e. The Kier molecular flexibility index (Phi) is 6.76.